The topological polar surface area (TPSA) is 167 Å². The number of allylic oxidation sites excluding steroid dienone is 2. The molecule has 0 fully saturated rings. The second-order valence-corrected chi connectivity index (χ2v) is 20.2. The average molecular weight is 1030 g/mol. The molecule has 1 aromatic carbocycles. The summed E-state index contributed by atoms with van der Waals surface area (Å²) < 4.78 is 38.6. The average Bonchev–Trinajstić information content (AvgIpc) is 3.78. The number of carbonyl (C=O) groups excluding carboxylic acids is 6. The van der Waals surface area contributed by atoms with E-state index in [1.165, 1.54) is 143 Å². The fraction of sp³-hybridized carbons (Fsp3) is 0.767. The molecule has 0 saturated heterocycles. The van der Waals surface area contributed by atoms with Crippen molar-refractivity contribution < 1.29 is 61.9 Å². The Morgan fingerprint density at radius 2 is 0.932 bits per heavy atom. The molecule has 0 bridgehead atoms. The molecule has 0 spiro atoms. The van der Waals surface area contributed by atoms with Gasteiger partial charge in [0.25, 0.3) is 0 Å². The first-order chi connectivity index (χ1) is 35.4. The fourth-order valence-corrected chi connectivity index (χ4v) is 9.23. The molecule has 0 aliphatic carbocycles. The summed E-state index contributed by atoms with van der Waals surface area (Å²) in [5, 5.41) is 0. The minimum atomic E-state index is -0.936. The molecule has 0 amide bonds. The quantitative estimate of drug-likeness (QED) is 0.0199. The molecule has 0 unspecified atom stereocenters. The molecule has 416 valence electrons. The highest BCUT2D eigenvalue weighted by Gasteiger charge is 2.34. The van der Waals surface area contributed by atoms with Gasteiger partial charge >= 0.3 is 35.8 Å². The first-order valence-corrected chi connectivity index (χ1v) is 28.8. The van der Waals surface area contributed by atoms with E-state index in [0.29, 0.717) is 42.6 Å². The maximum absolute atomic E-state index is 13.3. The number of benzene rings is 1. The van der Waals surface area contributed by atoms with E-state index >= 15 is 0 Å². The minimum Gasteiger partial charge on any atom is -0.496 e. The maximum atomic E-state index is 13.3. The summed E-state index contributed by atoms with van der Waals surface area (Å²) in [6.45, 7) is 7.84. The Bertz CT molecular complexity index is 1720. The second-order valence-electron chi connectivity index (χ2n) is 20.2. The molecule has 13 heteroatoms. The number of esters is 6. The van der Waals surface area contributed by atoms with E-state index in [0.717, 1.165) is 49.7 Å². The number of hydrogen-bond acceptors (Lipinski definition) is 13. The predicted octanol–water partition coefficient (Wildman–Crippen LogP) is 14.9. The molecule has 0 saturated carbocycles. The van der Waals surface area contributed by atoms with Gasteiger partial charge < -0.3 is 33.2 Å². The van der Waals surface area contributed by atoms with Gasteiger partial charge in [0.1, 0.15) is 31.1 Å². The van der Waals surface area contributed by atoms with Gasteiger partial charge in [-0.05, 0) is 57.9 Å². The largest absolute Gasteiger partial charge is 0.496 e. The molecule has 2 rings (SSSR count). The number of fused-ring (bicyclic) bond motifs is 1. The van der Waals surface area contributed by atoms with Gasteiger partial charge in [0.05, 0.1) is 14.2 Å². The van der Waals surface area contributed by atoms with Crippen LogP contribution in [0.1, 0.15) is 273 Å². The molecular formula is C60H98O13. The van der Waals surface area contributed by atoms with Crippen molar-refractivity contribution in [3.05, 3.63) is 33.9 Å². The zero-order chi connectivity index (χ0) is 53.3. The molecule has 0 aromatic heterocycles. The van der Waals surface area contributed by atoms with E-state index in [-0.39, 0.29) is 87.6 Å². The standard InChI is InChI=1S/C60H98O13/c1-7-9-11-13-15-17-19-21-23-25-27-29-32-36-53(62)69-44-49(45-70-54(63)37-33-30-28-26-24-22-20-18-16-14-12-10-8-2)72-55(64)38-34-31-35-39-56(65)73-59-50(42-40-47(3)41-43-52(61)67-5)58(68-6)48(4)51-46-71-60(66)57(51)59/h40,49H,7-39,41-46H2,1-6H3/b47-40+. The second kappa shape index (κ2) is 41.9. The molecule has 13 nitrogen and oxygen atoms in total. The smallest absolute Gasteiger partial charge is 0.342 e. The van der Waals surface area contributed by atoms with Crippen LogP contribution in [-0.4, -0.2) is 69.4 Å². The van der Waals surface area contributed by atoms with Crippen molar-refractivity contribution in [2.45, 2.75) is 272 Å². The summed E-state index contributed by atoms with van der Waals surface area (Å²) in [5.74, 6) is -2.11. The number of cyclic esters (lactones) is 1. The van der Waals surface area contributed by atoms with Gasteiger partial charge in [-0.1, -0.05) is 186 Å². The Kier molecular flexibility index (Phi) is 37.1. The summed E-state index contributed by atoms with van der Waals surface area (Å²) in [4.78, 5) is 76.5. The monoisotopic (exact) mass is 1030 g/mol. The number of ether oxygens (including phenoxy) is 7. The van der Waals surface area contributed by atoms with E-state index in [2.05, 4.69) is 13.8 Å². The Morgan fingerprint density at radius 3 is 1.37 bits per heavy atom. The van der Waals surface area contributed by atoms with Gasteiger partial charge in [0, 0.05) is 43.2 Å². The lowest BCUT2D eigenvalue weighted by atomic mass is 9.94. The van der Waals surface area contributed by atoms with E-state index < -0.39 is 24.0 Å². The van der Waals surface area contributed by atoms with Gasteiger partial charge in [0.2, 0.25) is 0 Å². The summed E-state index contributed by atoms with van der Waals surface area (Å²) in [6, 6.07) is 0. The van der Waals surface area contributed by atoms with Crippen molar-refractivity contribution in [2.24, 2.45) is 0 Å². The molecular weight excluding hydrogens is 929 g/mol. The zero-order valence-corrected chi connectivity index (χ0v) is 46.5. The first kappa shape index (κ1) is 64.7. The Balaban J connectivity index is 1.86. The molecule has 1 aliphatic heterocycles. The lowest BCUT2D eigenvalue weighted by Gasteiger charge is -2.19. The van der Waals surface area contributed by atoms with Gasteiger partial charge in [-0.3, -0.25) is 24.0 Å². The van der Waals surface area contributed by atoms with E-state index in [9.17, 15) is 28.8 Å². The van der Waals surface area contributed by atoms with Crippen LogP contribution in [0.4, 0.5) is 0 Å². The summed E-state index contributed by atoms with van der Waals surface area (Å²) in [5.41, 5.74) is 2.97. The van der Waals surface area contributed by atoms with Crippen LogP contribution in [0.5, 0.6) is 11.5 Å². The van der Waals surface area contributed by atoms with Crippen molar-refractivity contribution in [3.8, 4) is 11.5 Å². The lowest BCUT2D eigenvalue weighted by molar-refractivity contribution is -0.167. The summed E-state index contributed by atoms with van der Waals surface area (Å²) in [6.07, 6.45) is 35.3. The number of carbonyl (C=O) groups is 6. The van der Waals surface area contributed by atoms with E-state index in [1.54, 1.807) is 0 Å². The van der Waals surface area contributed by atoms with Crippen LogP contribution in [-0.2, 0) is 60.7 Å². The van der Waals surface area contributed by atoms with Crippen molar-refractivity contribution in [1.29, 1.82) is 0 Å². The number of methoxy groups -OCH3 is 2. The Hall–Kier alpha value is -4.42. The maximum Gasteiger partial charge on any atom is 0.342 e. The van der Waals surface area contributed by atoms with E-state index in [1.807, 2.05) is 19.9 Å². The highest BCUT2D eigenvalue weighted by atomic mass is 16.6. The highest BCUT2D eigenvalue weighted by Crippen LogP contribution is 2.43. The fourth-order valence-electron chi connectivity index (χ4n) is 9.23. The Morgan fingerprint density at radius 1 is 0.521 bits per heavy atom. The number of unbranched alkanes of at least 4 members (excludes halogenated alkanes) is 26. The van der Waals surface area contributed by atoms with Crippen LogP contribution in [0, 0.1) is 6.92 Å². The zero-order valence-electron chi connectivity index (χ0n) is 46.5. The molecule has 1 aliphatic rings. The highest BCUT2D eigenvalue weighted by molar-refractivity contribution is 5.99. The SMILES string of the molecule is CCCCCCCCCCCCCCCC(=O)OCC(COC(=O)CCCCCCCCCCCCCCC)OC(=O)CCCCCC(=O)Oc1c(C/C=C(\C)CCC(=O)OC)c(OC)c(C)c2c1C(=O)OC2. The molecule has 73 heavy (non-hydrogen) atoms. The lowest BCUT2D eigenvalue weighted by Crippen LogP contribution is -2.30. The normalized spacial score (nSPS) is 12.2. The van der Waals surface area contributed by atoms with Crippen LogP contribution in [0.15, 0.2) is 11.6 Å². The third kappa shape index (κ3) is 29.9. The Labute approximate surface area is 440 Å². The van der Waals surface area contributed by atoms with Crippen molar-refractivity contribution in [1.82, 2.24) is 0 Å². The number of hydrogen-bond donors (Lipinski definition) is 0. The van der Waals surface area contributed by atoms with Gasteiger partial charge in [-0.15, -0.1) is 0 Å². The van der Waals surface area contributed by atoms with Crippen LogP contribution in [0.25, 0.3) is 0 Å². The third-order valence-corrected chi connectivity index (χ3v) is 13.8. The molecule has 1 aromatic rings. The van der Waals surface area contributed by atoms with Crippen LogP contribution < -0.4 is 9.47 Å². The van der Waals surface area contributed by atoms with Crippen LogP contribution >= 0.6 is 0 Å². The minimum absolute atomic E-state index is 0.0233. The van der Waals surface area contributed by atoms with Crippen molar-refractivity contribution >= 4 is 35.8 Å². The van der Waals surface area contributed by atoms with Gasteiger partial charge in [-0.2, -0.15) is 0 Å². The summed E-state index contributed by atoms with van der Waals surface area (Å²) >= 11 is 0. The van der Waals surface area contributed by atoms with E-state index in [4.69, 9.17) is 33.2 Å². The third-order valence-electron chi connectivity index (χ3n) is 13.8. The number of rotatable bonds is 46. The molecule has 0 atom stereocenters. The predicted molar refractivity (Wildman–Crippen MR) is 287 cm³/mol. The van der Waals surface area contributed by atoms with Crippen molar-refractivity contribution in [2.75, 3.05) is 27.4 Å². The molecule has 0 radical (unpaired) electrons. The summed E-state index contributed by atoms with van der Waals surface area (Å²) in [7, 11) is 2.86. The van der Waals surface area contributed by atoms with Crippen LogP contribution in [0.3, 0.4) is 0 Å². The van der Waals surface area contributed by atoms with Crippen LogP contribution in [0.2, 0.25) is 0 Å². The molecule has 0 N–H and O–H groups in total. The van der Waals surface area contributed by atoms with Gasteiger partial charge in [-0.25, -0.2) is 4.79 Å². The van der Waals surface area contributed by atoms with Gasteiger partial charge in [0.15, 0.2) is 11.9 Å². The van der Waals surface area contributed by atoms with Crippen molar-refractivity contribution in [3.63, 3.8) is 0 Å². The first-order valence-electron chi connectivity index (χ1n) is 28.8. The molecule has 1 heterocycles.